The molecule has 2 aromatic heterocycles. The van der Waals surface area contributed by atoms with Crippen LogP contribution in [0.25, 0.3) is 11.0 Å². The number of fused-ring (bicyclic) bond motifs is 1. The van der Waals surface area contributed by atoms with Crippen molar-refractivity contribution in [1.82, 2.24) is 30.0 Å². The van der Waals surface area contributed by atoms with Gasteiger partial charge in [-0.25, -0.2) is 24.2 Å². The van der Waals surface area contributed by atoms with Crippen LogP contribution >= 0.6 is 12.2 Å². The standard InChI is InChI=1S/C18H29N7S.C4H4O4/c1-2-7-15(23-18(19)26)16-14-12-22-25(17(14)21-13-20-16)11-10-24-8-5-3-4-6-9-24;5-3(6)1-2-4(7)8/h12-13,15H,2-11H2,1H3,(H3,19,23,26);1-2H,(H,5,6)(H,7,8)/b;2-1-. The van der Waals surface area contributed by atoms with Crippen molar-refractivity contribution in [3.63, 3.8) is 0 Å². The topological polar surface area (TPSA) is 159 Å². The largest absolute Gasteiger partial charge is 0.478 e. The Balaban J connectivity index is 0.000000440. The van der Waals surface area contributed by atoms with Crippen LogP contribution in [-0.2, 0) is 16.1 Å². The molecule has 3 heterocycles. The zero-order chi connectivity index (χ0) is 24.9. The summed E-state index contributed by atoms with van der Waals surface area (Å²) < 4.78 is 2.00. The number of nitrogens with one attached hydrogen (secondary N) is 1. The monoisotopic (exact) mass is 491 g/mol. The zero-order valence-electron chi connectivity index (χ0n) is 19.4. The summed E-state index contributed by atoms with van der Waals surface area (Å²) in [6, 6.07) is -0.00810. The van der Waals surface area contributed by atoms with E-state index in [1.807, 2.05) is 10.9 Å². The normalized spacial score (nSPS) is 15.3. The van der Waals surface area contributed by atoms with E-state index < -0.39 is 11.9 Å². The van der Waals surface area contributed by atoms with Gasteiger partial charge in [-0.2, -0.15) is 5.10 Å². The minimum absolute atomic E-state index is 0.00810. The van der Waals surface area contributed by atoms with Crippen molar-refractivity contribution in [2.24, 2.45) is 5.73 Å². The number of nitrogens with two attached hydrogens (primary N) is 1. The average Bonchev–Trinajstić information content (AvgIpc) is 3.02. The number of hydrogen-bond acceptors (Lipinski definition) is 7. The van der Waals surface area contributed by atoms with Crippen molar-refractivity contribution in [3.8, 4) is 0 Å². The Kier molecular flexibility index (Phi) is 11.3. The molecule has 186 valence electrons. The van der Waals surface area contributed by atoms with E-state index in [-0.39, 0.29) is 6.04 Å². The zero-order valence-corrected chi connectivity index (χ0v) is 20.2. The minimum Gasteiger partial charge on any atom is -0.478 e. The molecule has 0 saturated carbocycles. The summed E-state index contributed by atoms with van der Waals surface area (Å²) in [5, 5.41) is 24.6. The fraction of sp³-hybridized carbons (Fsp3) is 0.545. The fourth-order valence-corrected chi connectivity index (χ4v) is 3.97. The maximum absolute atomic E-state index is 9.55. The highest BCUT2D eigenvalue weighted by Gasteiger charge is 2.19. The summed E-state index contributed by atoms with van der Waals surface area (Å²) in [4.78, 5) is 30.6. The number of likely N-dealkylation sites (tertiary alicyclic amines) is 1. The Labute approximate surface area is 204 Å². The first kappa shape index (κ1) is 27.1. The number of thiocarbonyl (C=S) groups is 1. The molecule has 0 aliphatic carbocycles. The van der Waals surface area contributed by atoms with Crippen LogP contribution in [0.3, 0.4) is 0 Å². The molecular weight excluding hydrogens is 458 g/mol. The van der Waals surface area contributed by atoms with E-state index >= 15 is 0 Å². The molecule has 1 saturated heterocycles. The van der Waals surface area contributed by atoms with Gasteiger partial charge in [0.05, 0.1) is 29.9 Å². The first-order valence-electron chi connectivity index (χ1n) is 11.4. The highest BCUT2D eigenvalue weighted by Crippen LogP contribution is 2.24. The van der Waals surface area contributed by atoms with Crippen molar-refractivity contribution in [3.05, 3.63) is 30.4 Å². The molecule has 3 rings (SSSR count). The Morgan fingerprint density at radius 2 is 1.79 bits per heavy atom. The molecule has 1 aliphatic heterocycles. The molecule has 0 amide bonds. The number of carboxylic acids is 2. The van der Waals surface area contributed by atoms with Gasteiger partial charge in [0.25, 0.3) is 0 Å². The second kappa shape index (κ2) is 14.2. The van der Waals surface area contributed by atoms with Crippen LogP contribution in [0.15, 0.2) is 24.7 Å². The number of hydrogen-bond donors (Lipinski definition) is 4. The molecular formula is C22H33N7O4S. The van der Waals surface area contributed by atoms with Gasteiger partial charge >= 0.3 is 11.9 Å². The minimum atomic E-state index is -1.26. The second-order valence-electron chi connectivity index (χ2n) is 7.98. The molecule has 1 unspecified atom stereocenters. The van der Waals surface area contributed by atoms with E-state index in [0.717, 1.165) is 42.7 Å². The maximum Gasteiger partial charge on any atom is 0.328 e. The van der Waals surface area contributed by atoms with Gasteiger partial charge in [-0.15, -0.1) is 0 Å². The van der Waals surface area contributed by atoms with Gasteiger partial charge in [-0.05, 0) is 44.6 Å². The van der Waals surface area contributed by atoms with Crippen LogP contribution in [0.5, 0.6) is 0 Å². The third-order valence-electron chi connectivity index (χ3n) is 5.38. The van der Waals surface area contributed by atoms with Crippen molar-refractivity contribution in [2.45, 2.75) is 58.0 Å². The molecule has 12 heteroatoms. The summed E-state index contributed by atoms with van der Waals surface area (Å²) in [7, 11) is 0. The van der Waals surface area contributed by atoms with E-state index in [2.05, 4.69) is 32.2 Å². The maximum atomic E-state index is 9.55. The van der Waals surface area contributed by atoms with E-state index in [9.17, 15) is 9.59 Å². The Bertz CT molecular complexity index is 971. The molecule has 34 heavy (non-hydrogen) atoms. The van der Waals surface area contributed by atoms with Crippen molar-refractivity contribution in [2.75, 3.05) is 19.6 Å². The summed E-state index contributed by atoms with van der Waals surface area (Å²) >= 11 is 5.04. The Hall–Kier alpha value is -3.12. The van der Waals surface area contributed by atoms with Gasteiger partial charge in [-0.1, -0.05) is 26.2 Å². The van der Waals surface area contributed by atoms with E-state index in [4.69, 9.17) is 28.2 Å². The van der Waals surface area contributed by atoms with Crippen LogP contribution in [-0.4, -0.2) is 71.5 Å². The van der Waals surface area contributed by atoms with Gasteiger partial charge in [0.1, 0.15) is 6.33 Å². The number of carboxylic acid groups (broad SMARTS) is 2. The molecule has 0 aromatic carbocycles. The SMILES string of the molecule is CCCC(NC(N)=S)c1ncnc2c1cnn2CCN1CCCCCC1.O=C(O)/C=C\C(=O)O. The number of carbonyl (C=O) groups is 2. The van der Waals surface area contributed by atoms with Gasteiger partial charge in [0.2, 0.25) is 0 Å². The quantitative estimate of drug-likeness (QED) is 0.300. The van der Waals surface area contributed by atoms with Crippen LogP contribution in [0.4, 0.5) is 0 Å². The number of nitrogens with zero attached hydrogens (tertiary/aromatic N) is 5. The molecule has 1 aliphatic rings. The lowest BCUT2D eigenvalue weighted by Crippen LogP contribution is -2.33. The van der Waals surface area contributed by atoms with Gasteiger partial charge < -0.3 is 26.2 Å². The van der Waals surface area contributed by atoms with Gasteiger partial charge in [-0.3, -0.25) is 0 Å². The molecule has 0 radical (unpaired) electrons. The van der Waals surface area contributed by atoms with Crippen molar-refractivity contribution in [1.29, 1.82) is 0 Å². The molecule has 1 fully saturated rings. The predicted molar refractivity (Wildman–Crippen MR) is 132 cm³/mol. The number of aromatic nitrogens is 4. The fourth-order valence-electron chi connectivity index (χ4n) is 3.83. The lowest BCUT2D eigenvalue weighted by atomic mass is 10.1. The second-order valence-corrected chi connectivity index (χ2v) is 8.42. The highest BCUT2D eigenvalue weighted by molar-refractivity contribution is 7.80. The first-order valence-corrected chi connectivity index (χ1v) is 11.8. The number of aliphatic carboxylic acids is 2. The molecule has 2 aromatic rings. The molecule has 1 atom stereocenters. The van der Waals surface area contributed by atoms with Crippen LogP contribution in [0.1, 0.15) is 57.2 Å². The van der Waals surface area contributed by atoms with Crippen LogP contribution < -0.4 is 11.1 Å². The van der Waals surface area contributed by atoms with Crippen molar-refractivity contribution >= 4 is 40.3 Å². The number of rotatable bonds is 9. The van der Waals surface area contributed by atoms with Crippen LogP contribution in [0, 0.1) is 0 Å². The smallest absolute Gasteiger partial charge is 0.328 e. The van der Waals surface area contributed by atoms with Crippen molar-refractivity contribution < 1.29 is 19.8 Å². The predicted octanol–water partition coefficient (Wildman–Crippen LogP) is 2.09. The summed E-state index contributed by atoms with van der Waals surface area (Å²) in [6.45, 7) is 6.38. The van der Waals surface area contributed by atoms with E-state index in [1.165, 1.54) is 38.8 Å². The lowest BCUT2D eigenvalue weighted by Gasteiger charge is -2.20. The lowest BCUT2D eigenvalue weighted by molar-refractivity contribution is -0.134. The molecule has 0 bridgehead atoms. The highest BCUT2D eigenvalue weighted by atomic mass is 32.1. The Morgan fingerprint density at radius 3 is 2.35 bits per heavy atom. The summed E-state index contributed by atoms with van der Waals surface area (Å²) in [6.07, 6.45) is 11.8. The van der Waals surface area contributed by atoms with Gasteiger partial charge in [0.15, 0.2) is 10.8 Å². The molecule has 0 spiro atoms. The van der Waals surface area contributed by atoms with Crippen LogP contribution in [0.2, 0.25) is 0 Å². The third-order valence-corrected chi connectivity index (χ3v) is 5.50. The van der Waals surface area contributed by atoms with E-state index in [1.54, 1.807) is 6.33 Å². The molecule has 11 nitrogen and oxygen atoms in total. The summed E-state index contributed by atoms with van der Waals surface area (Å²) in [5.41, 5.74) is 7.51. The van der Waals surface area contributed by atoms with Gasteiger partial charge in [0, 0.05) is 18.7 Å². The first-order chi connectivity index (χ1) is 16.3. The third kappa shape index (κ3) is 9.02. The average molecular weight is 492 g/mol. The summed E-state index contributed by atoms with van der Waals surface area (Å²) in [5.74, 6) is -2.51. The molecule has 5 N–H and O–H groups in total. The van der Waals surface area contributed by atoms with E-state index in [0.29, 0.717) is 17.3 Å². The Morgan fingerprint density at radius 1 is 1.15 bits per heavy atom.